The van der Waals surface area contributed by atoms with Crippen LogP contribution < -0.4 is 5.32 Å². The minimum absolute atomic E-state index is 0.0493. The third-order valence-electron chi connectivity index (χ3n) is 2.28. The maximum Gasteiger partial charge on any atom is 0.451 e. The highest BCUT2D eigenvalue weighted by Crippen LogP contribution is 2.29. The summed E-state index contributed by atoms with van der Waals surface area (Å²) in [6, 6.07) is 4.86. The van der Waals surface area contributed by atoms with Gasteiger partial charge in [-0.1, -0.05) is 17.7 Å². The number of thiophene rings is 1. The van der Waals surface area contributed by atoms with E-state index in [4.69, 9.17) is 11.6 Å². The Morgan fingerprint density at radius 1 is 1.37 bits per heavy atom. The number of aromatic nitrogens is 2. The standard InChI is InChI=1S/C11H9ClF3N3S/c1-6(7-3-2-4-19-7)16-9-5-8(12)17-10(18-9)11(13,14)15/h2-6H,1H3,(H,16,17,18). The number of anilines is 1. The molecule has 0 aliphatic heterocycles. The minimum atomic E-state index is -4.62. The Kier molecular flexibility index (Phi) is 3.96. The second-order valence-electron chi connectivity index (χ2n) is 3.78. The fourth-order valence-electron chi connectivity index (χ4n) is 1.45. The summed E-state index contributed by atoms with van der Waals surface area (Å²) < 4.78 is 37.6. The van der Waals surface area contributed by atoms with Crippen LogP contribution in [0.15, 0.2) is 23.6 Å². The lowest BCUT2D eigenvalue weighted by molar-refractivity contribution is -0.144. The number of nitrogens with one attached hydrogen (secondary N) is 1. The molecule has 0 amide bonds. The van der Waals surface area contributed by atoms with Crippen molar-refractivity contribution in [2.24, 2.45) is 0 Å². The van der Waals surface area contributed by atoms with Crippen molar-refractivity contribution in [3.8, 4) is 0 Å². The predicted octanol–water partition coefficient (Wildman–Crippen LogP) is 4.38. The number of hydrogen-bond acceptors (Lipinski definition) is 4. The predicted molar refractivity (Wildman–Crippen MR) is 68.4 cm³/mol. The molecule has 0 radical (unpaired) electrons. The van der Waals surface area contributed by atoms with Crippen LogP contribution in [0.25, 0.3) is 0 Å². The molecule has 0 fully saturated rings. The quantitative estimate of drug-likeness (QED) is 0.855. The lowest BCUT2D eigenvalue weighted by atomic mass is 10.3. The summed E-state index contributed by atoms with van der Waals surface area (Å²) in [7, 11) is 0. The Hall–Kier alpha value is -1.34. The molecule has 2 rings (SSSR count). The van der Waals surface area contributed by atoms with E-state index in [1.807, 2.05) is 24.4 Å². The molecule has 2 aromatic rings. The molecule has 1 unspecified atom stereocenters. The first-order chi connectivity index (χ1) is 8.86. The van der Waals surface area contributed by atoms with Crippen molar-refractivity contribution in [1.29, 1.82) is 0 Å². The van der Waals surface area contributed by atoms with Crippen molar-refractivity contribution in [2.45, 2.75) is 19.1 Å². The van der Waals surface area contributed by atoms with Gasteiger partial charge in [0.2, 0.25) is 5.82 Å². The maximum atomic E-state index is 12.5. The van der Waals surface area contributed by atoms with Gasteiger partial charge >= 0.3 is 6.18 Å². The van der Waals surface area contributed by atoms with Crippen LogP contribution in [0.3, 0.4) is 0 Å². The van der Waals surface area contributed by atoms with Crippen LogP contribution in [0.2, 0.25) is 5.15 Å². The highest BCUT2D eigenvalue weighted by molar-refractivity contribution is 7.10. The van der Waals surface area contributed by atoms with E-state index < -0.39 is 12.0 Å². The summed E-state index contributed by atoms with van der Waals surface area (Å²) in [5.41, 5.74) is 0. The number of hydrogen-bond donors (Lipinski definition) is 1. The Balaban J connectivity index is 2.23. The summed E-state index contributed by atoms with van der Waals surface area (Å²) in [6.07, 6.45) is -4.62. The fraction of sp³-hybridized carbons (Fsp3) is 0.273. The smallest absolute Gasteiger partial charge is 0.363 e. The van der Waals surface area contributed by atoms with Crippen LogP contribution in [0.4, 0.5) is 19.0 Å². The molecular formula is C11H9ClF3N3S. The lowest BCUT2D eigenvalue weighted by Gasteiger charge is -2.14. The zero-order valence-electron chi connectivity index (χ0n) is 9.70. The molecule has 8 heteroatoms. The van der Waals surface area contributed by atoms with Gasteiger partial charge in [0, 0.05) is 10.9 Å². The maximum absolute atomic E-state index is 12.5. The molecule has 0 aliphatic carbocycles. The monoisotopic (exact) mass is 307 g/mol. The Labute approximate surface area is 116 Å². The van der Waals surface area contributed by atoms with E-state index in [9.17, 15) is 13.2 Å². The van der Waals surface area contributed by atoms with Crippen molar-refractivity contribution in [1.82, 2.24) is 9.97 Å². The molecule has 19 heavy (non-hydrogen) atoms. The van der Waals surface area contributed by atoms with Crippen molar-refractivity contribution >= 4 is 28.8 Å². The van der Waals surface area contributed by atoms with E-state index in [0.29, 0.717) is 0 Å². The SMILES string of the molecule is CC(Nc1cc(Cl)nc(C(F)(F)F)n1)c1cccs1. The molecule has 1 atom stereocenters. The topological polar surface area (TPSA) is 37.8 Å². The van der Waals surface area contributed by atoms with Crippen molar-refractivity contribution in [3.05, 3.63) is 39.4 Å². The normalized spacial score (nSPS) is 13.3. The van der Waals surface area contributed by atoms with Crippen LogP contribution in [0.5, 0.6) is 0 Å². The van der Waals surface area contributed by atoms with Gasteiger partial charge in [0.15, 0.2) is 0 Å². The summed E-state index contributed by atoms with van der Waals surface area (Å²) in [4.78, 5) is 7.58. The molecule has 2 aromatic heterocycles. The first-order valence-corrected chi connectivity index (χ1v) is 6.54. The van der Waals surface area contributed by atoms with Crippen LogP contribution in [-0.2, 0) is 6.18 Å². The molecule has 3 nitrogen and oxygen atoms in total. The summed E-state index contributed by atoms with van der Waals surface area (Å²) >= 11 is 7.08. The van der Waals surface area contributed by atoms with E-state index in [2.05, 4.69) is 15.3 Å². The minimum Gasteiger partial charge on any atom is -0.363 e. The lowest BCUT2D eigenvalue weighted by Crippen LogP contribution is -2.14. The van der Waals surface area contributed by atoms with Crippen LogP contribution >= 0.6 is 22.9 Å². The van der Waals surface area contributed by atoms with E-state index >= 15 is 0 Å². The van der Waals surface area contributed by atoms with Crippen molar-refractivity contribution in [2.75, 3.05) is 5.32 Å². The van der Waals surface area contributed by atoms with E-state index in [-0.39, 0.29) is 17.0 Å². The van der Waals surface area contributed by atoms with Gasteiger partial charge in [-0.05, 0) is 18.4 Å². The van der Waals surface area contributed by atoms with Gasteiger partial charge in [0.05, 0.1) is 6.04 Å². The molecule has 102 valence electrons. The average molecular weight is 308 g/mol. The first-order valence-electron chi connectivity index (χ1n) is 5.28. The van der Waals surface area contributed by atoms with E-state index in [1.165, 1.54) is 17.4 Å². The second kappa shape index (κ2) is 5.34. The molecule has 0 spiro atoms. The molecule has 0 aromatic carbocycles. The zero-order valence-corrected chi connectivity index (χ0v) is 11.3. The Bertz CT molecular complexity index is 557. The van der Waals surface area contributed by atoms with E-state index in [1.54, 1.807) is 0 Å². The summed E-state index contributed by atoms with van der Waals surface area (Å²) in [5, 5.41) is 4.52. The van der Waals surface area contributed by atoms with Gasteiger partial charge in [-0.2, -0.15) is 13.2 Å². The molecule has 0 aliphatic rings. The van der Waals surface area contributed by atoms with Gasteiger partial charge in [-0.15, -0.1) is 11.3 Å². The van der Waals surface area contributed by atoms with E-state index in [0.717, 1.165) is 4.88 Å². The van der Waals surface area contributed by atoms with Gasteiger partial charge in [0.1, 0.15) is 11.0 Å². The third kappa shape index (κ3) is 3.57. The summed E-state index contributed by atoms with van der Waals surface area (Å²) in [5.74, 6) is -1.20. The highest BCUT2D eigenvalue weighted by Gasteiger charge is 2.35. The molecule has 0 saturated carbocycles. The van der Waals surface area contributed by atoms with Crippen molar-refractivity contribution < 1.29 is 13.2 Å². The fourth-order valence-corrected chi connectivity index (χ4v) is 2.37. The van der Waals surface area contributed by atoms with Crippen molar-refractivity contribution in [3.63, 3.8) is 0 Å². The Morgan fingerprint density at radius 3 is 2.68 bits per heavy atom. The molecule has 2 heterocycles. The number of rotatable bonds is 3. The van der Waals surface area contributed by atoms with Gasteiger partial charge < -0.3 is 5.32 Å². The molecular weight excluding hydrogens is 299 g/mol. The average Bonchev–Trinajstić information content (AvgIpc) is 2.80. The number of nitrogens with zero attached hydrogens (tertiary/aromatic N) is 2. The van der Waals surface area contributed by atoms with Gasteiger partial charge in [0.25, 0.3) is 0 Å². The Morgan fingerprint density at radius 2 is 2.11 bits per heavy atom. The third-order valence-corrected chi connectivity index (χ3v) is 3.53. The summed E-state index contributed by atoms with van der Waals surface area (Å²) in [6.45, 7) is 1.83. The number of alkyl halides is 3. The van der Waals surface area contributed by atoms with Gasteiger partial charge in [-0.3, -0.25) is 0 Å². The molecule has 1 N–H and O–H groups in total. The van der Waals surface area contributed by atoms with Crippen LogP contribution in [0, 0.1) is 0 Å². The largest absolute Gasteiger partial charge is 0.451 e. The number of halogens is 4. The van der Waals surface area contributed by atoms with Crippen LogP contribution in [-0.4, -0.2) is 9.97 Å². The molecule has 0 bridgehead atoms. The highest BCUT2D eigenvalue weighted by atomic mass is 35.5. The zero-order chi connectivity index (χ0) is 14.0. The molecule has 0 saturated heterocycles. The second-order valence-corrected chi connectivity index (χ2v) is 5.15. The van der Waals surface area contributed by atoms with Gasteiger partial charge in [-0.25, -0.2) is 9.97 Å². The van der Waals surface area contributed by atoms with Crippen LogP contribution in [0.1, 0.15) is 23.7 Å². The first kappa shape index (κ1) is 14.1.